The van der Waals surface area contributed by atoms with Crippen LogP contribution in [-0.2, 0) is 6.54 Å². The number of imidazole rings is 1. The zero-order chi connectivity index (χ0) is 11.8. The lowest BCUT2D eigenvalue weighted by atomic mass is 10.1. The van der Waals surface area contributed by atoms with Crippen molar-refractivity contribution < 1.29 is 5.11 Å². The maximum absolute atomic E-state index is 9.91. The minimum Gasteiger partial charge on any atom is -0.389 e. The highest BCUT2D eigenvalue weighted by molar-refractivity contribution is 5.01. The summed E-state index contributed by atoms with van der Waals surface area (Å²) >= 11 is 0. The van der Waals surface area contributed by atoms with Gasteiger partial charge in [0.15, 0.2) is 0 Å². The molecule has 0 aromatic carbocycles. The SMILES string of the molecule is CC(C)n1cncc1CN1CCC(C)(O)C1. The van der Waals surface area contributed by atoms with Crippen molar-refractivity contribution in [3.63, 3.8) is 0 Å². The summed E-state index contributed by atoms with van der Waals surface area (Å²) in [6.45, 7) is 8.84. The summed E-state index contributed by atoms with van der Waals surface area (Å²) in [6.07, 6.45) is 4.67. The average Bonchev–Trinajstić information content (AvgIpc) is 2.73. The van der Waals surface area contributed by atoms with Crippen LogP contribution >= 0.6 is 0 Å². The fourth-order valence-corrected chi connectivity index (χ4v) is 2.32. The van der Waals surface area contributed by atoms with E-state index in [1.54, 1.807) is 0 Å². The Morgan fingerprint density at radius 2 is 2.31 bits per heavy atom. The molecule has 0 amide bonds. The van der Waals surface area contributed by atoms with Crippen molar-refractivity contribution in [1.29, 1.82) is 0 Å². The first-order chi connectivity index (χ1) is 7.48. The molecule has 1 aliphatic rings. The van der Waals surface area contributed by atoms with Gasteiger partial charge >= 0.3 is 0 Å². The van der Waals surface area contributed by atoms with E-state index in [2.05, 4.69) is 28.3 Å². The van der Waals surface area contributed by atoms with E-state index in [4.69, 9.17) is 0 Å². The maximum Gasteiger partial charge on any atom is 0.0951 e. The molecule has 1 aliphatic heterocycles. The van der Waals surface area contributed by atoms with E-state index >= 15 is 0 Å². The molecule has 4 nitrogen and oxygen atoms in total. The highest BCUT2D eigenvalue weighted by Crippen LogP contribution is 2.22. The van der Waals surface area contributed by atoms with Crippen LogP contribution in [0, 0.1) is 0 Å². The van der Waals surface area contributed by atoms with Crippen LogP contribution < -0.4 is 0 Å². The van der Waals surface area contributed by atoms with E-state index in [0.717, 1.165) is 26.1 Å². The number of aromatic nitrogens is 2. The van der Waals surface area contributed by atoms with Crippen molar-refractivity contribution in [3.8, 4) is 0 Å². The quantitative estimate of drug-likeness (QED) is 0.842. The van der Waals surface area contributed by atoms with Crippen molar-refractivity contribution in [2.24, 2.45) is 0 Å². The van der Waals surface area contributed by atoms with Gasteiger partial charge < -0.3 is 9.67 Å². The Labute approximate surface area is 96.9 Å². The van der Waals surface area contributed by atoms with Crippen molar-refractivity contribution in [3.05, 3.63) is 18.2 Å². The fourth-order valence-electron chi connectivity index (χ4n) is 2.32. The summed E-state index contributed by atoms with van der Waals surface area (Å²) in [5.41, 5.74) is 0.718. The summed E-state index contributed by atoms with van der Waals surface area (Å²) in [4.78, 5) is 6.48. The average molecular weight is 223 g/mol. The summed E-state index contributed by atoms with van der Waals surface area (Å²) in [7, 11) is 0. The third kappa shape index (κ3) is 2.44. The number of nitrogens with zero attached hydrogens (tertiary/aromatic N) is 3. The molecule has 1 unspecified atom stereocenters. The van der Waals surface area contributed by atoms with E-state index in [0.29, 0.717) is 6.04 Å². The molecule has 16 heavy (non-hydrogen) atoms. The minimum atomic E-state index is -0.511. The Kier molecular flexibility index (Phi) is 3.04. The smallest absolute Gasteiger partial charge is 0.0951 e. The van der Waals surface area contributed by atoms with Gasteiger partial charge in [-0.2, -0.15) is 0 Å². The molecule has 1 fully saturated rings. The van der Waals surface area contributed by atoms with E-state index in [-0.39, 0.29) is 0 Å². The van der Waals surface area contributed by atoms with Crippen LogP contribution in [0.25, 0.3) is 0 Å². The lowest BCUT2D eigenvalue weighted by Gasteiger charge is -2.20. The first kappa shape index (κ1) is 11.6. The molecule has 0 bridgehead atoms. The van der Waals surface area contributed by atoms with Crippen LogP contribution in [-0.4, -0.2) is 38.2 Å². The molecular weight excluding hydrogens is 202 g/mol. The summed E-state index contributed by atoms with van der Waals surface area (Å²) in [5.74, 6) is 0. The summed E-state index contributed by atoms with van der Waals surface area (Å²) in [5, 5.41) is 9.91. The Morgan fingerprint density at radius 1 is 1.56 bits per heavy atom. The normalized spacial score (nSPS) is 26.8. The van der Waals surface area contributed by atoms with Gasteiger partial charge in [0.2, 0.25) is 0 Å². The first-order valence-corrected chi connectivity index (χ1v) is 5.93. The van der Waals surface area contributed by atoms with Gasteiger partial charge in [0.1, 0.15) is 0 Å². The Hall–Kier alpha value is -0.870. The van der Waals surface area contributed by atoms with Crippen molar-refractivity contribution in [2.45, 2.75) is 45.4 Å². The molecule has 2 heterocycles. The van der Waals surface area contributed by atoms with Crippen molar-refractivity contribution in [1.82, 2.24) is 14.5 Å². The maximum atomic E-state index is 9.91. The van der Waals surface area contributed by atoms with Crippen LogP contribution in [0.15, 0.2) is 12.5 Å². The second kappa shape index (κ2) is 4.18. The van der Waals surface area contributed by atoms with Crippen molar-refractivity contribution in [2.75, 3.05) is 13.1 Å². The van der Waals surface area contributed by atoms with Gasteiger partial charge in [-0.05, 0) is 27.2 Å². The van der Waals surface area contributed by atoms with E-state index < -0.39 is 5.60 Å². The number of hydrogen-bond acceptors (Lipinski definition) is 3. The molecule has 90 valence electrons. The lowest BCUT2D eigenvalue weighted by molar-refractivity contribution is 0.0676. The zero-order valence-corrected chi connectivity index (χ0v) is 10.3. The number of aliphatic hydroxyl groups is 1. The van der Waals surface area contributed by atoms with Crippen LogP contribution in [0.1, 0.15) is 38.9 Å². The molecule has 1 aromatic rings. The number of hydrogen-bond donors (Lipinski definition) is 1. The second-order valence-electron chi connectivity index (χ2n) is 5.34. The highest BCUT2D eigenvalue weighted by atomic mass is 16.3. The monoisotopic (exact) mass is 223 g/mol. The van der Waals surface area contributed by atoms with Crippen LogP contribution in [0.3, 0.4) is 0 Å². The number of β-amino-alcohol motifs (C(OH)–C–C–N with tert-alkyl or cyclic N) is 1. The summed E-state index contributed by atoms with van der Waals surface area (Å²) in [6, 6.07) is 0.445. The molecule has 2 rings (SSSR count). The zero-order valence-electron chi connectivity index (χ0n) is 10.3. The van der Waals surface area contributed by atoms with Gasteiger partial charge in [-0.25, -0.2) is 4.98 Å². The third-order valence-electron chi connectivity index (χ3n) is 3.22. The molecule has 0 aliphatic carbocycles. The van der Waals surface area contributed by atoms with Gasteiger partial charge in [-0.15, -0.1) is 0 Å². The van der Waals surface area contributed by atoms with Crippen molar-refractivity contribution >= 4 is 0 Å². The summed E-state index contributed by atoms with van der Waals surface area (Å²) < 4.78 is 2.19. The molecule has 0 spiro atoms. The Balaban J connectivity index is 2.02. The Bertz CT molecular complexity index is 357. The molecule has 0 saturated carbocycles. The molecule has 4 heteroatoms. The fraction of sp³-hybridized carbons (Fsp3) is 0.750. The third-order valence-corrected chi connectivity index (χ3v) is 3.22. The largest absolute Gasteiger partial charge is 0.389 e. The number of likely N-dealkylation sites (tertiary alicyclic amines) is 1. The minimum absolute atomic E-state index is 0.445. The molecule has 1 aromatic heterocycles. The van der Waals surface area contributed by atoms with Gasteiger partial charge in [-0.1, -0.05) is 0 Å². The van der Waals surface area contributed by atoms with Crippen LogP contribution in [0.4, 0.5) is 0 Å². The number of rotatable bonds is 3. The molecule has 1 N–H and O–H groups in total. The van der Waals surface area contributed by atoms with Gasteiger partial charge in [0.25, 0.3) is 0 Å². The predicted molar refractivity (Wildman–Crippen MR) is 63.1 cm³/mol. The Morgan fingerprint density at radius 3 is 2.88 bits per heavy atom. The van der Waals surface area contributed by atoms with Gasteiger partial charge in [0.05, 0.1) is 17.6 Å². The molecule has 1 atom stereocenters. The molecule has 0 radical (unpaired) electrons. The van der Waals surface area contributed by atoms with E-state index in [1.807, 2.05) is 19.4 Å². The topological polar surface area (TPSA) is 41.3 Å². The van der Waals surface area contributed by atoms with Crippen LogP contribution in [0.2, 0.25) is 0 Å². The van der Waals surface area contributed by atoms with E-state index in [9.17, 15) is 5.11 Å². The van der Waals surface area contributed by atoms with Gasteiger partial charge in [0, 0.05) is 31.9 Å². The van der Waals surface area contributed by atoms with Crippen LogP contribution in [0.5, 0.6) is 0 Å². The highest BCUT2D eigenvalue weighted by Gasteiger charge is 2.31. The predicted octanol–water partition coefficient (Wildman–Crippen LogP) is 1.42. The standard InChI is InChI=1S/C12H21N3O/c1-10(2)15-9-13-6-11(15)7-14-5-4-12(3,16)8-14/h6,9-10,16H,4-5,7-8H2,1-3H3. The van der Waals surface area contributed by atoms with Gasteiger partial charge in [-0.3, -0.25) is 4.90 Å². The lowest BCUT2D eigenvalue weighted by Crippen LogP contribution is -2.30. The van der Waals surface area contributed by atoms with E-state index in [1.165, 1.54) is 5.69 Å². The molecule has 1 saturated heterocycles. The first-order valence-electron chi connectivity index (χ1n) is 5.93. The molecular formula is C12H21N3O. The second-order valence-corrected chi connectivity index (χ2v) is 5.34.